The molecule has 0 spiro atoms. The van der Waals surface area contributed by atoms with Crippen molar-refractivity contribution in [3.05, 3.63) is 124 Å². The van der Waals surface area contributed by atoms with Gasteiger partial charge in [0.15, 0.2) is 23.6 Å². The number of phenolic OH excluding ortho intramolecular Hbond substituents is 1. The van der Waals surface area contributed by atoms with Crippen LogP contribution in [0.5, 0.6) is 11.5 Å². The van der Waals surface area contributed by atoms with Crippen molar-refractivity contribution >= 4 is 35.2 Å². The number of primary amides is 1. The zero-order valence-electron chi connectivity index (χ0n) is 30.8. The lowest BCUT2D eigenvalue weighted by atomic mass is 9.74. The summed E-state index contributed by atoms with van der Waals surface area (Å²) in [6.07, 6.45) is 2.14. The van der Waals surface area contributed by atoms with Gasteiger partial charge in [0, 0.05) is 25.0 Å². The topological polar surface area (TPSA) is 255 Å². The Morgan fingerprint density at radius 3 is 2.46 bits per heavy atom. The van der Waals surface area contributed by atoms with Crippen LogP contribution in [0.4, 0.5) is 0 Å². The molecule has 5 aromatic rings. The number of aromatic amines is 1. The summed E-state index contributed by atoms with van der Waals surface area (Å²) in [7, 11) is 0. The maximum atomic E-state index is 13.7. The molecule has 1 aliphatic rings. The van der Waals surface area contributed by atoms with Crippen molar-refractivity contribution < 1.29 is 53.8 Å². The molecule has 6 rings (SSSR count). The van der Waals surface area contributed by atoms with Crippen LogP contribution in [0.3, 0.4) is 0 Å². The van der Waals surface area contributed by atoms with Gasteiger partial charge in [0.1, 0.15) is 23.2 Å². The molecule has 15 nitrogen and oxygen atoms in total. The second-order valence-corrected chi connectivity index (χ2v) is 14.2. The first-order valence-electron chi connectivity index (χ1n) is 18.1. The number of hydrogen-bond donors (Lipinski definition) is 8. The number of rotatable bonds is 16. The van der Waals surface area contributed by atoms with Gasteiger partial charge in [-0.1, -0.05) is 61.5 Å². The molecule has 0 aliphatic carbocycles. The highest BCUT2D eigenvalue weighted by Crippen LogP contribution is 2.39. The lowest BCUT2D eigenvalue weighted by molar-refractivity contribution is -0.334. The van der Waals surface area contributed by atoms with Crippen LogP contribution in [0.15, 0.2) is 107 Å². The molecule has 7 unspecified atom stereocenters. The number of carboxylic acids is 1. The number of aromatic nitrogens is 1. The Morgan fingerprint density at radius 2 is 1.81 bits per heavy atom. The fourth-order valence-corrected chi connectivity index (χ4v) is 7.03. The number of amides is 1. The van der Waals surface area contributed by atoms with Crippen LogP contribution < -0.4 is 21.2 Å². The number of carbonyl (C=O) groups excluding carboxylic acids is 2. The van der Waals surface area contributed by atoms with Crippen LogP contribution in [-0.2, 0) is 20.7 Å². The largest absolute Gasteiger partial charge is 0.508 e. The van der Waals surface area contributed by atoms with E-state index in [-0.39, 0.29) is 58.3 Å². The third-order valence-corrected chi connectivity index (χ3v) is 10.4. The van der Waals surface area contributed by atoms with Gasteiger partial charge in [-0.3, -0.25) is 14.4 Å². The summed E-state index contributed by atoms with van der Waals surface area (Å²) in [5.41, 5.74) is 0.925. The van der Waals surface area contributed by atoms with Gasteiger partial charge in [-0.2, -0.15) is 0 Å². The number of aliphatic hydroxyl groups is 3. The number of nitrogens with two attached hydrogens (primary N) is 1. The molecule has 9 N–H and O–H groups in total. The number of aromatic hydroxyl groups is 1. The molecule has 1 fully saturated rings. The van der Waals surface area contributed by atoms with Crippen LogP contribution in [0.25, 0.3) is 28.2 Å². The molecule has 3 aromatic carbocycles. The molecule has 0 saturated carbocycles. The monoisotopic (exact) mass is 781 g/mol. The number of allylic oxidation sites excluding steroid dienone is 1. The summed E-state index contributed by atoms with van der Waals surface area (Å²) in [5.74, 6) is -3.62. The van der Waals surface area contributed by atoms with E-state index in [9.17, 15) is 44.7 Å². The second-order valence-electron chi connectivity index (χ2n) is 14.2. The molecule has 1 amide bonds. The zero-order chi connectivity index (χ0) is 40.9. The second kappa shape index (κ2) is 17.0. The van der Waals surface area contributed by atoms with Gasteiger partial charge in [0.2, 0.25) is 17.5 Å². The minimum Gasteiger partial charge on any atom is -0.508 e. The average Bonchev–Trinajstić information content (AvgIpc) is 3.71. The van der Waals surface area contributed by atoms with E-state index in [2.05, 4.69) is 23.3 Å². The Bertz CT molecular complexity index is 2290. The molecule has 1 saturated heterocycles. The van der Waals surface area contributed by atoms with E-state index in [0.717, 1.165) is 17.2 Å². The van der Waals surface area contributed by atoms with Crippen molar-refractivity contribution in [3.8, 4) is 22.6 Å². The lowest BCUT2D eigenvalue weighted by Gasteiger charge is -2.51. The van der Waals surface area contributed by atoms with Crippen LogP contribution in [0.1, 0.15) is 35.0 Å². The normalized spacial score (nSPS) is 23.3. The van der Waals surface area contributed by atoms with Crippen LogP contribution in [-0.4, -0.2) is 91.5 Å². The summed E-state index contributed by atoms with van der Waals surface area (Å²) in [5, 5.41) is 57.5. The Morgan fingerprint density at radius 1 is 1.07 bits per heavy atom. The summed E-state index contributed by atoms with van der Waals surface area (Å²) in [4.78, 5) is 53.9. The van der Waals surface area contributed by atoms with E-state index >= 15 is 0 Å². The van der Waals surface area contributed by atoms with Crippen molar-refractivity contribution in [1.29, 1.82) is 0 Å². The van der Waals surface area contributed by atoms with Gasteiger partial charge in [0.05, 0.1) is 10.9 Å². The maximum absolute atomic E-state index is 13.7. The lowest BCUT2D eigenvalue weighted by Crippen LogP contribution is -2.79. The van der Waals surface area contributed by atoms with Gasteiger partial charge in [0.25, 0.3) is 5.91 Å². The van der Waals surface area contributed by atoms with Gasteiger partial charge >= 0.3 is 5.97 Å². The average molecular weight is 782 g/mol. The smallest absolute Gasteiger partial charge is 0.335 e. The van der Waals surface area contributed by atoms with E-state index in [1.807, 2.05) is 48.7 Å². The van der Waals surface area contributed by atoms with E-state index in [0.29, 0.717) is 12.8 Å². The number of aliphatic carboxylic acids is 1. The van der Waals surface area contributed by atoms with Crippen molar-refractivity contribution in [1.82, 2.24) is 10.3 Å². The number of phenols is 1. The molecule has 298 valence electrons. The SMILES string of the molecule is CC(CC=Cc1ccccc1)C(CNCC1(O)C(Oc2ccc3c(=O)c(-c4ccc(O)cc4)c(C(N)=O)oc3c2)OC(C(=O)O)C(O)C1(O)C=O)Cc1cc[nH]c1. The van der Waals surface area contributed by atoms with Crippen molar-refractivity contribution in [2.75, 3.05) is 13.1 Å². The van der Waals surface area contributed by atoms with E-state index in [1.54, 1.807) is 6.20 Å². The van der Waals surface area contributed by atoms with E-state index in [1.165, 1.54) is 36.4 Å². The number of nitrogens with one attached hydrogen (secondary N) is 2. The molecule has 0 bridgehead atoms. The van der Waals surface area contributed by atoms with Gasteiger partial charge in [-0.15, -0.1) is 0 Å². The number of hydrogen-bond acceptors (Lipinski definition) is 12. The number of H-pyrrole nitrogens is 1. The Hall–Kier alpha value is -6.10. The molecule has 7 atom stereocenters. The summed E-state index contributed by atoms with van der Waals surface area (Å²) in [6.45, 7) is 1.67. The highest BCUT2D eigenvalue weighted by Gasteiger charge is 2.67. The molecule has 57 heavy (non-hydrogen) atoms. The van der Waals surface area contributed by atoms with Crippen molar-refractivity contribution in [2.45, 2.75) is 49.5 Å². The third-order valence-electron chi connectivity index (χ3n) is 10.4. The van der Waals surface area contributed by atoms with E-state index in [4.69, 9.17) is 19.6 Å². The van der Waals surface area contributed by atoms with Gasteiger partial charge < -0.3 is 55.5 Å². The Balaban J connectivity index is 1.30. The Kier molecular flexibility index (Phi) is 12.1. The summed E-state index contributed by atoms with van der Waals surface area (Å²) >= 11 is 0. The predicted molar refractivity (Wildman–Crippen MR) is 207 cm³/mol. The quantitative estimate of drug-likeness (QED) is 0.0671. The van der Waals surface area contributed by atoms with Crippen molar-refractivity contribution in [3.63, 3.8) is 0 Å². The first-order chi connectivity index (χ1) is 27.3. The van der Waals surface area contributed by atoms with Crippen LogP contribution in [0.2, 0.25) is 0 Å². The number of aliphatic hydroxyl groups excluding tert-OH is 1. The number of carboxylic acid groups (broad SMARTS) is 1. The number of carbonyl (C=O) groups is 3. The third kappa shape index (κ3) is 8.38. The van der Waals surface area contributed by atoms with Gasteiger partial charge in [-0.05, 0) is 78.2 Å². The first-order valence-corrected chi connectivity index (χ1v) is 18.1. The molecule has 1 aliphatic heterocycles. The number of fused-ring (bicyclic) bond motifs is 1. The fraction of sp³-hybridized carbons (Fsp3) is 0.286. The molecular weight excluding hydrogens is 738 g/mol. The number of benzene rings is 3. The first kappa shape index (κ1) is 40.6. The fourth-order valence-electron chi connectivity index (χ4n) is 7.03. The number of ether oxygens (including phenoxy) is 2. The molecule has 15 heteroatoms. The van der Waals surface area contributed by atoms with Gasteiger partial charge in [-0.25, -0.2) is 4.79 Å². The summed E-state index contributed by atoms with van der Waals surface area (Å²) < 4.78 is 17.3. The molecule has 3 heterocycles. The molecule has 0 radical (unpaired) electrons. The minimum atomic E-state index is -3.13. The van der Waals surface area contributed by atoms with Crippen LogP contribution in [0, 0.1) is 11.8 Å². The van der Waals surface area contributed by atoms with Crippen molar-refractivity contribution in [2.24, 2.45) is 17.6 Å². The Labute approximate surface area is 326 Å². The highest BCUT2D eigenvalue weighted by molar-refractivity contribution is 5.99. The van der Waals surface area contributed by atoms with E-state index < -0.39 is 59.3 Å². The predicted octanol–water partition coefficient (Wildman–Crippen LogP) is 2.99. The molecular formula is C42H43N3O12. The summed E-state index contributed by atoms with van der Waals surface area (Å²) in [6, 6.07) is 20.9. The maximum Gasteiger partial charge on any atom is 0.335 e. The minimum absolute atomic E-state index is 0.0265. The van der Waals surface area contributed by atoms with Crippen LogP contribution >= 0.6 is 0 Å². The standard InChI is InChI=1S/C42H43N3O12/c1-24(6-5-9-25-7-3-2-4-8-25)28(18-26-16-17-44-20-26)21-45-22-41(53)40(57-36(39(51)52)37(49)42(41,54)23-46)55-30-14-15-31-32(19-30)56-35(38(43)50)33(34(31)48)27-10-12-29(47)13-11-27/h2-5,7-17,19-20,23-24,28,36-37,40,44-45,47,49,53-54H,6,18,21-22H2,1H3,(H2,43,50)(H,51,52). The highest BCUT2D eigenvalue weighted by atomic mass is 16.7. The zero-order valence-corrected chi connectivity index (χ0v) is 30.8. The molecule has 2 aromatic heterocycles. The number of aldehydes is 1.